The highest BCUT2D eigenvalue weighted by molar-refractivity contribution is 5.95. The summed E-state index contributed by atoms with van der Waals surface area (Å²) in [5, 5.41) is 9.10. The van der Waals surface area contributed by atoms with E-state index in [1.807, 2.05) is 17.1 Å². The lowest BCUT2D eigenvalue weighted by Gasteiger charge is -2.20. The fourth-order valence-electron chi connectivity index (χ4n) is 1.76. The summed E-state index contributed by atoms with van der Waals surface area (Å²) in [7, 11) is 1.57. The van der Waals surface area contributed by atoms with Crippen molar-refractivity contribution in [3.8, 4) is 5.75 Å². The normalized spacial score (nSPS) is 14.2. The standard InChI is InChI=1S/C12H13NO3/c1-16-9-4-5-10(12(14)15)11(8-9)13-6-2-3-7-13/h2-5,8H,6-7H2,1H3,(H,14,15). The Morgan fingerprint density at radius 3 is 2.62 bits per heavy atom. The number of ether oxygens (including phenoxy) is 1. The molecular weight excluding hydrogens is 206 g/mol. The van der Waals surface area contributed by atoms with Crippen molar-refractivity contribution >= 4 is 11.7 Å². The smallest absolute Gasteiger partial charge is 0.337 e. The number of nitrogens with zero attached hydrogens (tertiary/aromatic N) is 1. The second-order valence-electron chi connectivity index (χ2n) is 3.56. The number of aromatic carboxylic acids is 1. The first kappa shape index (κ1) is 10.5. The van der Waals surface area contributed by atoms with Crippen LogP contribution in [-0.2, 0) is 0 Å². The largest absolute Gasteiger partial charge is 0.497 e. The molecule has 0 saturated carbocycles. The zero-order valence-electron chi connectivity index (χ0n) is 9.01. The Balaban J connectivity index is 2.41. The van der Waals surface area contributed by atoms with E-state index >= 15 is 0 Å². The second-order valence-corrected chi connectivity index (χ2v) is 3.56. The highest BCUT2D eigenvalue weighted by Crippen LogP contribution is 2.27. The van der Waals surface area contributed by atoms with E-state index in [1.54, 1.807) is 25.3 Å². The molecule has 1 heterocycles. The van der Waals surface area contributed by atoms with Crippen LogP contribution in [0.2, 0.25) is 0 Å². The molecule has 1 aliphatic heterocycles. The number of carboxylic acid groups (broad SMARTS) is 1. The molecule has 0 aliphatic carbocycles. The Bertz CT molecular complexity index is 432. The van der Waals surface area contributed by atoms with Gasteiger partial charge in [-0.05, 0) is 12.1 Å². The third kappa shape index (κ3) is 1.86. The van der Waals surface area contributed by atoms with Crippen LogP contribution in [0.25, 0.3) is 0 Å². The van der Waals surface area contributed by atoms with Gasteiger partial charge >= 0.3 is 5.97 Å². The summed E-state index contributed by atoms with van der Waals surface area (Å²) in [4.78, 5) is 13.1. The van der Waals surface area contributed by atoms with E-state index in [2.05, 4.69) is 0 Å². The van der Waals surface area contributed by atoms with Gasteiger partial charge in [0.15, 0.2) is 0 Å². The van der Waals surface area contributed by atoms with Crippen molar-refractivity contribution in [3.63, 3.8) is 0 Å². The number of anilines is 1. The molecule has 0 aromatic heterocycles. The molecule has 1 aromatic rings. The molecule has 0 unspecified atom stereocenters. The molecule has 0 atom stereocenters. The summed E-state index contributed by atoms with van der Waals surface area (Å²) in [6.45, 7) is 1.49. The van der Waals surface area contributed by atoms with Gasteiger partial charge in [-0.25, -0.2) is 4.79 Å². The van der Waals surface area contributed by atoms with E-state index < -0.39 is 5.97 Å². The molecule has 16 heavy (non-hydrogen) atoms. The summed E-state index contributed by atoms with van der Waals surface area (Å²) in [6.07, 6.45) is 4.04. The van der Waals surface area contributed by atoms with E-state index in [4.69, 9.17) is 9.84 Å². The molecule has 0 amide bonds. The van der Waals surface area contributed by atoms with Gasteiger partial charge in [-0.2, -0.15) is 0 Å². The van der Waals surface area contributed by atoms with Crippen molar-refractivity contribution in [2.45, 2.75) is 0 Å². The van der Waals surface area contributed by atoms with Crippen molar-refractivity contribution in [2.24, 2.45) is 0 Å². The molecule has 2 rings (SSSR count). The van der Waals surface area contributed by atoms with Crippen LogP contribution in [-0.4, -0.2) is 31.3 Å². The minimum absolute atomic E-state index is 0.310. The molecule has 0 spiro atoms. The van der Waals surface area contributed by atoms with Crippen LogP contribution in [0.4, 0.5) is 5.69 Å². The van der Waals surface area contributed by atoms with Crippen molar-refractivity contribution in [2.75, 3.05) is 25.1 Å². The maximum absolute atomic E-state index is 11.1. The van der Waals surface area contributed by atoms with Crippen LogP contribution in [0.1, 0.15) is 10.4 Å². The highest BCUT2D eigenvalue weighted by atomic mass is 16.5. The fourth-order valence-corrected chi connectivity index (χ4v) is 1.76. The Labute approximate surface area is 93.8 Å². The van der Waals surface area contributed by atoms with Gasteiger partial charge in [0.1, 0.15) is 5.75 Å². The van der Waals surface area contributed by atoms with E-state index in [0.717, 1.165) is 13.1 Å². The highest BCUT2D eigenvalue weighted by Gasteiger charge is 2.17. The zero-order valence-corrected chi connectivity index (χ0v) is 9.01. The molecule has 0 radical (unpaired) electrons. The molecule has 0 saturated heterocycles. The molecule has 0 fully saturated rings. The number of methoxy groups -OCH3 is 1. The van der Waals surface area contributed by atoms with Crippen molar-refractivity contribution in [3.05, 3.63) is 35.9 Å². The maximum atomic E-state index is 11.1. The predicted octanol–water partition coefficient (Wildman–Crippen LogP) is 1.77. The number of rotatable bonds is 3. The van der Waals surface area contributed by atoms with Crippen LogP contribution in [0, 0.1) is 0 Å². The molecule has 1 N–H and O–H groups in total. The van der Waals surface area contributed by atoms with Crippen LogP contribution >= 0.6 is 0 Å². The van der Waals surface area contributed by atoms with Crippen molar-refractivity contribution in [1.29, 1.82) is 0 Å². The Morgan fingerprint density at radius 1 is 1.38 bits per heavy atom. The Morgan fingerprint density at radius 2 is 2.06 bits per heavy atom. The van der Waals surface area contributed by atoms with E-state index in [1.165, 1.54) is 0 Å². The summed E-state index contributed by atoms with van der Waals surface area (Å²) in [6, 6.07) is 5.00. The van der Waals surface area contributed by atoms with Crippen LogP contribution in [0.5, 0.6) is 5.75 Å². The summed E-state index contributed by atoms with van der Waals surface area (Å²) in [5.41, 5.74) is 1.02. The fraction of sp³-hybridized carbons (Fsp3) is 0.250. The monoisotopic (exact) mass is 219 g/mol. The zero-order chi connectivity index (χ0) is 11.5. The number of carbonyl (C=O) groups is 1. The predicted molar refractivity (Wildman–Crippen MR) is 61.3 cm³/mol. The third-order valence-corrected chi connectivity index (χ3v) is 2.59. The SMILES string of the molecule is COc1ccc(C(=O)O)c(N2CC=CC2)c1. The summed E-state index contributed by atoms with van der Waals surface area (Å²) >= 11 is 0. The van der Waals surface area contributed by atoms with Crippen LogP contribution in [0.15, 0.2) is 30.4 Å². The Kier molecular flexibility index (Phi) is 2.81. The third-order valence-electron chi connectivity index (χ3n) is 2.59. The molecule has 4 heteroatoms. The van der Waals surface area contributed by atoms with Crippen molar-refractivity contribution in [1.82, 2.24) is 0 Å². The summed E-state index contributed by atoms with van der Waals surface area (Å²) in [5.74, 6) is -0.239. The molecule has 0 bridgehead atoms. The maximum Gasteiger partial charge on any atom is 0.337 e. The molecule has 4 nitrogen and oxygen atoms in total. The first-order chi connectivity index (χ1) is 7.72. The van der Waals surface area contributed by atoms with Crippen LogP contribution < -0.4 is 9.64 Å². The lowest BCUT2D eigenvalue weighted by Crippen LogP contribution is -2.21. The number of hydrogen-bond acceptors (Lipinski definition) is 3. The van der Waals surface area contributed by atoms with Gasteiger partial charge in [-0.3, -0.25) is 0 Å². The first-order valence-corrected chi connectivity index (χ1v) is 5.03. The van der Waals surface area contributed by atoms with E-state index in [-0.39, 0.29) is 0 Å². The van der Waals surface area contributed by atoms with Gasteiger partial charge in [0, 0.05) is 19.2 Å². The van der Waals surface area contributed by atoms with Gasteiger partial charge in [0.25, 0.3) is 0 Å². The molecular formula is C12H13NO3. The van der Waals surface area contributed by atoms with Gasteiger partial charge < -0.3 is 14.7 Å². The minimum Gasteiger partial charge on any atom is -0.497 e. The molecule has 84 valence electrons. The van der Waals surface area contributed by atoms with Crippen molar-refractivity contribution < 1.29 is 14.6 Å². The van der Waals surface area contributed by atoms with Crippen LogP contribution in [0.3, 0.4) is 0 Å². The van der Waals surface area contributed by atoms with E-state index in [9.17, 15) is 4.79 Å². The molecule has 1 aliphatic rings. The minimum atomic E-state index is -0.912. The second kappa shape index (κ2) is 4.26. The van der Waals surface area contributed by atoms with E-state index in [0.29, 0.717) is 17.0 Å². The number of benzene rings is 1. The Hall–Kier alpha value is -1.97. The van der Waals surface area contributed by atoms with Gasteiger partial charge in [0.05, 0.1) is 18.4 Å². The first-order valence-electron chi connectivity index (χ1n) is 5.03. The number of carboxylic acids is 1. The topological polar surface area (TPSA) is 49.8 Å². The lowest BCUT2D eigenvalue weighted by atomic mass is 10.1. The summed E-state index contributed by atoms with van der Waals surface area (Å²) < 4.78 is 5.11. The number of hydrogen-bond donors (Lipinski definition) is 1. The quantitative estimate of drug-likeness (QED) is 0.787. The molecule has 1 aromatic carbocycles. The lowest BCUT2D eigenvalue weighted by molar-refractivity contribution is 0.0697. The van der Waals surface area contributed by atoms with Gasteiger partial charge in [-0.1, -0.05) is 12.2 Å². The average Bonchev–Trinajstić information content (AvgIpc) is 2.81. The van der Waals surface area contributed by atoms with Gasteiger partial charge in [0.2, 0.25) is 0 Å². The average molecular weight is 219 g/mol. The van der Waals surface area contributed by atoms with Gasteiger partial charge in [-0.15, -0.1) is 0 Å².